The van der Waals surface area contributed by atoms with Crippen molar-refractivity contribution in [2.75, 3.05) is 40.1 Å². The standard InChI is InChI=1S/C42H45F3N8O5S/c1-3-27-20-30(53-40(59)52(39(57)41(53)15-5-16-41)31-22-32(42(43,44)45)34(23-46)47-24-31)8-10-35(27)58-19-14-26-12-17-51(18-13-26)25(2)37(55)49-29-7-4-6-28(21-29)48-33-9-11-36(54)50-38(33)56/h4,6-8,10,20-22,24-26,33,48H,3,5,9,11-19H2,1-2H3,(H,49,55)(H,50,54,56)/t25-,33?/m0/s1. The van der Waals surface area contributed by atoms with Crippen LogP contribution in [0.25, 0.3) is 0 Å². The highest BCUT2D eigenvalue weighted by molar-refractivity contribution is 7.81. The van der Waals surface area contributed by atoms with Gasteiger partial charge in [0, 0.05) is 23.5 Å². The molecule has 3 aliphatic heterocycles. The average Bonchev–Trinajstić information content (AvgIpc) is 3.44. The number of nitrogens with zero attached hydrogens (tertiary/aromatic N) is 5. The van der Waals surface area contributed by atoms with Gasteiger partial charge in [-0.05, 0) is 138 Å². The monoisotopic (exact) mass is 830 g/mol. The number of nitriles is 1. The van der Waals surface area contributed by atoms with E-state index in [1.165, 1.54) is 6.07 Å². The number of piperidine rings is 2. The molecule has 17 heteroatoms. The minimum atomic E-state index is -4.84. The molecule has 1 saturated carbocycles. The van der Waals surface area contributed by atoms with Crippen molar-refractivity contribution in [2.45, 2.75) is 95.4 Å². The largest absolute Gasteiger partial charge is 0.493 e. The van der Waals surface area contributed by atoms with Crippen molar-refractivity contribution in [3.05, 3.63) is 71.5 Å². The molecule has 0 radical (unpaired) electrons. The Labute approximate surface area is 345 Å². The van der Waals surface area contributed by atoms with Gasteiger partial charge in [0.1, 0.15) is 23.4 Å². The van der Waals surface area contributed by atoms with Crippen LogP contribution in [0.2, 0.25) is 0 Å². The lowest BCUT2D eigenvalue weighted by Gasteiger charge is -2.43. The number of amides is 4. The normalized spacial score (nSPS) is 20.2. The van der Waals surface area contributed by atoms with E-state index in [1.54, 1.807) is 23.1 Å². The van der Waals surface area contributed by atoms with Gasteiger partial charge in [-0.25, -0.2) is 4.98 Å². The molecule has 4 aliphatic rings. The number of hydrogen-bond acceptors (Lipinski definition) is 10. The lowest BCUT2D eigenvalue weighted by molar-refractivity contribution is -0.138. The number of ether oxygens (including phenoxy) is 1. The molecule has 13 nitrogen and oxygen atoms in total. The lowest BCUT2D eigenvalue weighted by atomic mass is 9.75. The smallest absolute Gasteiger partial charge is 0.419 e. The molecule has 4 amide bonds. The van der Waals surface area contributed by atoms with Gasteiger partial charge in [0.2, 0.25) is 17.7 Å². The number of imide groups is 1. The third-order valence-corrected chi connectivity index (χ3v) is 12.3. The number of nitrogens with one attached hydrogen (secondary N) is 3. The van der Waals surface area contributed by atoms with Gasteiger partial charge in [0.05, 0.1) is 30.1 Å². The third-order valence-electron chi connectivity index (χ3n) is 11.9. The van der Waals surface area contributed by atoms with E-state index in [1.807, 2.05) is 38.1 Å². The van der Waals surface area contributed by atoms with Crippen molar-refractivity contribution >= 4 is 63.7 Å². The Kier molecular flexibility index (Phi) is 11.9. The molecule has 7 rings (SSSR count). The summed E-state index contributed by atoms with van der Waals surface area (Å²) < 4.78 is 47.7. The van der Waals surface area contributed by atoms with Crippen LogP contribution in [0, 0.1) is 17.2 Å². The maximum atomic E-state index is 13.9. The van der Waals surface area contributed by atoms with Crippen molar-refractivity contribution in [1.82, 2.24) is 15.2 Å². The highest BCUT2D eigenvalue weighted by Gasteiger charge is 2.60. The fourth-order valence-corrected chi connectivity index (χ4v) is 8.78. The number of pyridine rings is 1. The van der Waals surface area contributed by atoms with Crippen LogP contribution in [0.1, 0.15) is 82.0 Å². The van der Waals surface area contributed by atoms with E-state index in [9.17, 15) is 37.6 Å². The molecule has 1 spiro atoms. The highest BCUT2D eigenvalue weighted by Crippen LogP contribution is 2.49. The van der Waals surface area contributed by atoms with Crippen LogP contribution in [-0.4, -0.2) is 75.9 Å². The van der Waals surface area contributed by atoms with Gasteiger partial charge in [0.25, 0.3) is 5.91 Å². The van der Waals surface area contributed by atoms with Crippen LogP contribution < -0.4 is 30.5 Å². The van der Waals surface area contributed by atoms with Crippen molar-refractivity contribution < 1.29 is 37.1 Å². The van der Waals surface area contributed by atoms with Crippen LogP contribution >= 0.6 is 12.2 Å². The van der Waals surface area contributed by atoms with Gasteiger partial charge in [0.15, 0.2) is 10.8 Å². The molecule has 1 aliphatic carbocycles. The Hall–Kier alpha value is -5.60. The number of thiocarbonyl (C=S) groups is 1. The maximum absolute atomic E-state index is 13.9. The van der Waals surface area contributed by atoms with Crippen molar-refractivity contribution in [3.63, 3.8) is 0 Å². The minimum absolute atomic E-state index is 0.0525. The van der Waals surface area contributed by atoms with Crippen LogP contribution in [0.15, 0.2) is 54.7 Å². The first-order chi connectivity index (χ1) is 28.2. The SMILES string of the molecule is CCc1cc(N2C(=S)N(c3cnc(C#N)c(C(F)(F)F)c3)C(=O)C23CCC3)ccc1OCCC1CCN([C@@H](C)C(=O)Nc2cccc(NC3CCC(=O)NC3=O)c2)CC1. The Morgan fingerprint density at radius 3 is 2.49 bits per heavy atom. The first-order valence-electron chi connectivity index (χ1n) is 19.9. The van der Waals surface area contributed by atoms with Gasteiger partial charge in [-0.3, -0.25) is 34.3 Å². The number of carbonyl (C=O) groups is 4. The minimum Gasteiger partial charge on any atom is -0.493 e. The number of hydrogen-bond donors (Lipinski definition) is 3. The summed E-state index contributed by atoms with van der Waals surface area (Å²) in [7, 11) is 0. The first-order valence-corrected chi connectivity index (χ1v) is 20.3. The van der Waals surface area contributed by atoms with E-state index in [2.05, 4.69) is 25.8 Å². The summed E-state index contributed by atoms with van der Waals surface area (Å²) in [4.78, 5) is 59.6. The molecule has 3 N–H and O–H groups in total. The van der Waals surface area contributed by atoms with E-state index >= 15 is 0 Å². The number of aryl methyl sites for hydroxylation is 1. The zero-order chi connectivity index (χ0) is 42.1. The van der Waals surface area contributed by atoms with Crippen molar-refractivity contribution in [2.24, 2.45) is 5.92 Å². The zero-order valence-electron chi connectivity index (χ0n) is 32.7. The molecule has 1 aromatic heterocycles. The summed E-state index contributed by atoms with van der Waals surface area (Å²) in [5.41, 5.74) is -0.338. The molecular formula is C42H45F3N8O5S. The van der Waals surface area contributed by atoms with Crippen molar-refractivity contribution in [1.29, 1.82) is 5.26 Å². The number of alkyl halides is 3. The van der Waals surface area contributed by atoms with Gasteiger partial charge in [-0.2, -0.15) is 18.4 Å². The van der Waals surface area contributed by atoms with Gasteiger partial charge in [-0.15, -0.1) is 0 Å². The maximum Gasteiger partial charge on any atom is 0.419 e. The molecule has 2 atom stereocenters. The predicted octanol–water partition coefficient (Wildman–Crippen LogP) is 6.32. The van der Waals surface area contributed by atoms with E-state index < -0.39 is 34.9 Å². The summed E-state index contributed by atoms with van der Waals surface area (Å²) in [6, 6.07) is 14.1. The summed E-state index contributed by atoms with van der Waals surface area (Å²) in [5, 5.41) is 17.7. The molecule has 310 valence electrons. The van der Waals surface area contributed by atoms with E-state index in [0.717, 1.165) is 61.5 Å². The Balaban J connectivity index is 0.923. The average molecular weight is 831 g/mol. The molecule has 4 heterocycles. The number of likely N-dealkylation sites (tertiary alicyclic amines) is 1. The molecule has 3 aromatic rings. The molecule has 2 aromatic carbocycles. The number of rotatable bonds is 12. The van der Waals surface area contributed by atoms with Crippen LogP contribution in [-0.2, 0) is 31.8 Å². The molecular weight excluding hydrogens is 786 g/mol. The lowest BCUT2D eigenvalue weighted by Crippen LogP contribution is -2.55. The van der Waals surface area contributed by atoms with Crippen molar-refractivity contribution in [3.8, 4) is 11.8 Å². The van der Waals surface area contributed by atoms with Gasteiger partial charge in [-0.1, -0.05) is 13.0 Å². The van der Waals surface area contributed by atoms with Crippen LogP contribution in [0.3, 0.4) is 0 Å². The Morgan fingerprint density at radius 2 is 1.83 bits per heavy atom. The third kappa shape index (κ3) is 8.46. The molecule has 59 heavy (non-hydrogen) atoms. The number of anilines is 4. The topological polar surface area (TPSA) is 160 Å². The molecule has 1 unspecified atom stereocenters. The van der Waals surface area contributed by atoms with Gasteiger partial charge < -0.3 is 20.3 Å². The fourth-order valence-electron chi connectivity index (χ4n) is 8.31. The first kappa shape index (κ1) is 41.6. The summed E-state index contributed by atoms with van der Waals surface area (Å²) in [6.07, 6.45) is 1.90. The van der Waals surface area contributed by atoms with Crippen LogP contribution in [0.5, 0.6) is 5.75 Å². The predicted molar refractivity (Wildman–Crippen MR) is 218 cm³/mol. The number of halogens is 3. The Morgan fingerprint density at radius 1 is 1.08 bits per heavy atom. The van der Waals surface area contributed by atoms with E-state index in [4.69, 9.17) is 17.0 Å². The number of carbonyl (C=O) groups excluding carboxylic acids is 4. The molecule has 3 saturated heterocycles. The second-order valence-electron chi connectivity index (χ2n) is 15.5. The van der Waals surface area contributed by atoms with E-state index in [0.29, 0.717) is 61.0 Å². The second kappa shape index (κ2) is 16.9. The summed E-state index contributed by atoms with van der Waals surface area (Å²) in [5.74, 6) is -0.0741. The number of benzene rings is 2. The second-order valence-corrected chi connectivity index (χ2v) is 15.9. The molecule has 0 bridgehead atoms. The molecule has 4 fully saturated rings. The van der Waals surface area contributed by atoms with E-state index in [-0.39, 0.29) is 41.0 Å². The Bertz CT molecular complexity index is 2200. The highest BCUT2D eigenvalue weighted by atomic mass is 32.1. The summed E-state index contributed by atoms with van der Waals surface area (Å²) in [6.45, 7) is 5.89. The fraction of sp³-hybridized carbons (Fsp3) is 0.452. The zero-order valence-corrected chi connectivity index (χ0v) is 33.5. The van der Waals surface area contributed by atoms with Crippen LogP contribution in [0.4, 0.5) is 35.9 Å². The quantitative estimate of drug-likeness (QED) is 0.139. The summed E-state index contributed by atoms with van der Waals surface area (Å²) >= 11 is 5.79. The van der Waals surface area contributed by atoms with Gasteiger partial charge >= 0.3 is 6.18 Å². The number of aromatic nitrogens is 1.